The van der Waals surface area contributed by atoms with Gasteiger partial charge in [0.15, 0.2) is 0 Å². The van der Waals surface area contributed by atoms with Gasteiger partial charge in [-0.05, 0) is 66.9 Å². The second-order valence-corrected chi connectivity index (χ2v) is 7.31. The van der Waals surface area contributed by atoms with E-state index in [4.69, 9.17) is 4.74 Å². The standard InChI is InChI=1S/C24H28N4O2/c1-17-15-19(7-11-22(17)28(2)3)24(29)27-20-8-12-23(26-16-20)25-14-13-18-5-9-21(30-4)10-6-18/h5-12,15-16H,13-14H2,1-4H3,(H,25,26)(H,27,29). The van der Waals surface area contributed by atoms with E-state index in [0.717, 1.165) is 35.8 Å². The summed E-state index contributed by atoms with van der Waals surface area (Å²) in [4.78, 5) is 18.9. The minimum atomic E-state index is -0.148. The lowest BCUT2D eigenvalue weighted by molar-refractivity contribution is 0.102. The molecule has 0 saturated heterocycles. The van der Waals surface area contributed by atoms with Gasteiger partial charge in [-0.15, -0.1) is 0 Å². The topological polar surface area (TPSA) is 66.5 Å². The van der Waals surface area contributed by atoms with Gasteiger partial charge in [-0.1, -0.05) is 12.1 Å². The highest BCUT2D eigenvalue weighted by Gasteiger charge is 2.09. The molecule has 1 heterocycles. The summed E-state index contributed by atoms with van der Waals surface area (Å²) in [6.45, 7) is 2.77. The smallest absolute Gasteiger partial charge is 0.255 e. The molecule has 2 aromatic carbocycles. The number of carbonyl (C=O) groups excluding carboxylic acids is 1. The molecule has 6 nitrogen and oxygen atoms in total. The average molecular weight is 405 g/mol. The van der Waals surface area contributed by atoms with E-state index in [1.54, 1.807) is 13.3 Å². The fourth-order valence-corrected chi connectivity index (χ4v) is 3.20. The molecule has 0 fully saturated rings. The van der Waals surface area contributed by atoms with Crippen molar-refractivity contribution in [1.82, 2.24) is 4.98 Å². The molecule has 3 aromatic rings. The number of methoxy groups -OCH3 is 1. The zero-order valence-corrected chi connectivity index (χ0v) is 17.9. The van der Waals surface area contributed by atoms with Crippen LogP contribution in [0.2, 0.25) is 0 Å². The molecule has 0 spiro atoms. The van der Waals surface area contributed by atoms with Crippen molar-refractivity contribution in [3.63, 3.8) is 0 Å². The first-order valence-electron chi connectivity index (χ1n) is 9.88. The largest absolute Gasteiger partial charge is 0.497 e. The van der Waals surface area contributed by atoms with Crippen LogP contribution in [0.25, 0.3) is 0 Å². The molecule has 3 rings (SSSR count). The number of ether oxygens (including phenoxy) is 1. The van der Waals surface area contributed by atoms with E-state index >= 15 is 0 Å². The quantitative estimate of drug-likeness (QED) is 0.584. The summed E-state index contributed by atoms with van der Waals surface area (Å²) in [5, 5.41) is 6.20. The highest BCUT2D eigenvalue weighted by atomic mass is 16.5. The number of anilines is 3. The summed E-state index contributed by atoms with van der Waals surface area (Å²) in [6.07, 6.45) is 2.54. The Hall–Kier alpha value is -3.54. The first kappa shape index (κ1) is 21.2. The average Bonchev–Trinajstić information content (AvgIpc) is 2.75. The van der Waals surface area contributed by atoms with Gasteiger partial charge in [0.2, 0.25) is 0 Å². The Morgan fingerprint density at radius 3 is 2.43 bits per heavy atom. The van der Waals surface area contributed by atoms with Crippen molar-refractivity contribution < 1.29 is 9.53 Å². The summed E-state index contributed by atoms with van der Waals surface area (Å²) in [5.74, 6) is 1.48. The van der Waals surface area contributed by atoms with Crippen LogP contribution in [0.4, 0.5) is 17.2 Å². The zero-order chi connectivity index (χ0) is 21.5. The van der Waals surface area contributed by atoms with E-state index in [2.05, 4.69) is 27.8 Å². The van der Waals surface area contributed by atoms with Crippen molar-refractivity contribution in [2.75, 3.05) is 43.3 Å². The number of hydrogen-bond donors (Lipinski definition) is 2. The maximum atomic E-state index is 12.5. The number of nitrogens with one attached hydrogen (secondary N) is 2. The van der Waals surface area contributed by atoms with Gasteiger partial charge in [0.25, 0.3) is 5.91 Å². The molecule has 6 heteroatoms. The van der Waals surface area contributed by atoms with Crippen LogP contribution < -0.4 is 20.3 Å². The molecule has 0 aliphatic heterocycles. The number of aromatic nitrogens is 1. The maximum Gasteiger partial charge on any atom is 0.255 e. The fourth-order valence-electron chi connectivity index (χ4n) is 3.20. The summed E-state index contributed by atoms with van der Waals surface area (Å²) in [5.41, 5.74) is 4.66. The van der Waals surface area contributed by atoms with E-state index in [1.165, 1.54) is 5.56 Å². The van der Waals surface area contributed by atoms with Crippen molar-refractivity contribution in [3.8, 4) is 5.75 Å². The number of amides is 1. The Kier molecular flexibility index (Phi) is 6.91. The first-order valence-corrected chi connectivity index (χ1v) is 9.88. The van der Waals surface area contributed by atoms with Gasteiger partial charge in [0.05, 0.1) is 19.0 Å². The highest BCUT2D eigenvalue weighted by Crippen LogP contribution is 2.20. The van der Waals surface area contributed by atoms with Crippen molar-refractivity contribution in [1.29, 1.82) is 0 Å². The second kappa shape index (κ2) is 9.78. The van der Waals surface area contributed by atoms with Crippen molar-refractivity contribution in [2.45, 2.75) is 13.3 Å². The van der Waals surface area contributed by atoms with Crippen molar-refractivity contribution >= 4 is 23.1 Å². The van der Waals surface area contributed by atoms with Crippen LogP contribution in [0.3, 0.4) is 0 Å². The third kappa shape index (κ3) is 5.50. The predicted octanol–water partition coefficient (Wildman–Crippen LogP) is 4.37. The van der Waals surface area contributed by atoms with Crippen LogP contribution in [0.1, 0.15) is 21.5 Å². The molecule has 0 saturated carbocycles. The van der Waals surface area contributed by atoms with Gasteiger partial charge in [0.1, 0.15) is 11.6 Å². The number of hydrogen-bond acceptors (Lipinski definition) is 5. The fraction of sp³-hybridized carbons (Fsp3) is 0.250. The van der Waals surface area contributed by atoms with E-state index < -0.39 is 0 Å². The number of carbonyl (C=O) groups is 1. The molecule has 30 heavy (non-hydrogen) atoms. The Morgan fingerprint density at radius 1 is 1.07 bits per heavy atom. The van der Waals surface area contributed by atoms with Crippen LogP contribution in [0.15, 0.2) is 60.8 Å². The molecule has 1 aromatic heterocycles. The number of pyridine rings is 1. The Labute approximate surface area is 177 Å². The normalized spacial score (nSPS) is 10.4. The van der Waals surface area contributed by atoms with Crippen LogP contribution >= 0.6 is 0 Å². The number of benzene rings is 2. The molecule has 0 radical (unpaired) electrons. The lowest BCUT2D eigenvalue weighted by Gasteiger charge is -2.16. The summed E-state index contributed by atoms with van der Waals surface area (Å²) < 4.78 is 5.17. The number of aryl methyl sites for hydroxylation is 1. The van der Waals surface area contributed by atoms with Gasteiger partial charge in [-0.25, -0.2) is 4.98 Å². The molecule has 0 unspecified atom stereocenters. The summed E-state index contributed by atoms with van der Waals surface area (Å²) in [7, 11) is 5.64. The minimum Gasteiger partial charge on any atom is -0.497 e. The van der Waals surface area contributed by atoms with Crippen LogP contribution in [-0.4, -0.2) is 38.6 Å². The molecule has 0 bridgehead atoms. The third-order valence-corrected chi connectivity index (χ3v) is 4.84. The zero-order valence-electron chi connectivity index (χ0n) is 17.9. The predicted molar refractivity (Wildman–Crippen MR) is 123 cm³/mol. The number of nitrogens with zero attached hydrogens (tertiary/aromatic N) is 2. The lowest BCUT2D eigenvalue weighted by atomic mass is 10.1. The van der Waals surface area contributed by atoms with Gasteiger partial charge < -0.3 is 20.3 Å². The van der Waals surface area contributed by atoms with E-state index in [-0.39, 0.29) is 5.91 Å². The molecule has 0 atom stereocenters. The van der Waals surface area contributed by atoms with Gasteiger partial charge in [0, 0.05) is 31.9 Å². The Bertz CT molecular complexity index is 983. The molecular formula is C24H28N4O2. The molecular weight excluding hydrogens is 376 g/mol. The van der Waals surface area contributed by atoms with Gasteiger partial charge in [-0.3, -0.25) is 4.79 Å². The molecule has 0 aliphatic rings. The van der Waals surface area contributed by atoms with Crippen LogP contribution in [-0.2, 0) is 6.42 Å². The van der Waals surface area contributed by atoms with Crippen LogP contribution in [0.5, 0.6) is 5.75 Å². The maximum absolute atomic E-state index is 12.5. The van der Waals surface area contributed by atoms with Crippen molar-refractivity contribution in [3.05, 3.63) is 77.5 Å². The Morgan fingerprint density at radius 2 is 1.83 bits per heavy atom. The SMILES string of the molecule is COc1ccc(CCNc2ccc(NC(=O)c3ccc(N(C)C)c(C)c3)cn2)cc1. The lowest BCUT2D eigenvalue weighted by Crippen LogP contribution is -2.14. The van der Waals surface area contributed by atoms with Gasteiger partial charge in [-0.2, -0.15) is 0 Å². The van der Waals surface area contributed by atoms with Gasteiger partial charge >= 0.3 is 0 Å². The number of rotatable bonds is 8. The van der Waals surface area contributed by atoms with E-state index in [0.29, 0.717) is 11.3 Å². The summed E-state index contributed by atoms with van der Waals surface area (Å²) in [6, 6.07) is 17.4. The van der Waals surface area contributed by atoms with E-state index in [9.17, 15) is 4.79 Å². The molecule has 2 N–H and O–H groups in total. The first-order chi connectivity index (χ1) is 14.5. The summed E-state index contributed by atoms with van der Waals surface area (Å²) >= 11 is 0. The van der Waals surface area contributed by atoms with E-state index in [1.807, 2.05) is 68.4 Å². The monoisotopic (exact) mass is 404 g/mol. The second-order valence-electron chi connectivity index (χ2n) is 7.31. The molecule has 156 valence electrons. The molecule has 0 aliphatic carbocycles. The molecule has 1 amide bonds. The van der Waals surface area contributed by atoms with Crippen molar-refractivity contribution in [2.24, 2.45) is 0 Å². The highest BCUT2D eigenvalue weighted by molar-refractivity contribution is 6.04. The minimum absolute atomic E-state index is 0.148. The third-order valence-electron chi connectivity index (χ3n) is 4.84. The Balaban J connectivity index is 1.52. The van der Waals surface area contributed by atoms with Crippen LogP contribution in [0, 0.1) is 6.92 Å².